The number of benzene rings is 1. The van der Waals surface area contributed by atoms with Gasteiger partial charge in [-0.25, -0.2) is 0 Å². The van der Waals surface area contributed by atoms with Crippen LogP contribution in [-0.4, -0.2) is 11.1 Å². The molecule has 0 spiro atoms. The van der Waals surface area contributed by atoms with E-state index in [0.717, 1.165) is 24.8 Å². The van der Waals surface area contributed by atoms with Gasteiger partial charge < -0.3 is 5.11 Å². The maximum Gasteiger partial charge on any atom is 0.310 e. The first-order valence-corrected chi connectivity index (χ1v) is 9.69. The van der Waals surface area contributed by atoms with E-state index in [0.29, 0.717) is 0 Å². The summed E-state index contributed by atoms with van der Waals surface area (Å²) in [5.74, 6) is -1.06. The van der Waals surface area contributed by atoms with Gasteiger partial charge >= 0.3 is 5.97 Å². The molecule has 0 aliphatic rings. The molecule has 1 N–H and O–H groups in total. The van der Waals surface area contributed by atoms with Gasteiger partial charge in [0.25, 0.3) is 0 Å². The molecule has 0 saturated heterocycles. The van der Waals surface area contributed by atoms with Crippen LogP contribution in [0.4, 0.5) is 0 Å². The van der Waals surface area contributed by atoms with E-state index in [1.165, 1.54) is 44.1 Å². The SMILES string of the molecule is CCCCCCCCCCC(C(=O)O)c1ccc(C(C)(C)C)cc1. The standard InChI is InChI=1S/C22H36O2/c1-5-6-7-8-9-10-11-12-13-20(21(23)24)18-14-16-19(17-15-18)22(2,3)4/h14-17,20H,5-13H2,1-4H3,(H,23,24). The summed E-state index contributed by atoms with van der Waals surface area (Å²) in [5, 5.41) is 9.56. The van der Waals surface area contributed by atoms with Crippen molar-refractivity contribution < 1.29 is 9.90 Å². The van der Waals surface area contributed by atoms with Crippen molar-refractivity contribution in [3.05, 3.63) is 35.4 Å². The van der Waals surface area contributed by atoms with Crippen molar-refractivity contribution in [2.24, 2.45) is 0 Å². The fraction of sp³-hybridized carbons (Fsp3) is 0.682. The number of unbranched alkanes of at least 4 members (excludes halogenated alkanes) is 7. The van der Waals surface area contributed by atoms with Gasteiger partial charge in [0.1, 0.15) is 0 Å². The highest BCUT2D eigenvalue weighted by atomic mass is 16.4. The normalized spacial score (nSPS) is 13.0. The molecule has 0 aliphatic carbocycles. The largest absolute Gasteiger partial charge is 0.481 e. The summed E-state index contributed by atoms with van der Waals surface area (Å²) in [7, 11) is 0. The minimum atomic E-state index is -0.693. The van der Waals surface area contributed by atoms with Gasteiger partial charge in [-0.2, -0.15) is 0 Å². The number of hydrogen-bond donors (Lipinski definition) is 1. The smallest absolute Gasteiger partial charge is 0.310 e. The lowest BCUT2D eigenvalue weighted by atomic mass is 9.85. The Labute approximate surface area is 148 Å². The number of carboxylic acids is 1. The van der Waals surface area contributed by atoms with Crippen LogP contribution in [0, 0.1) is 0 Å². The molecule has 24 heavy (non-hydrogen) atoms. The minimum absolute atomic E-state index is 0.106. The van der Waals surface area contributed by atoms with Gasteiger partial charge in [0, 0.05) is 0 Å². The second-order valence-corrected chi connectivity index (χ2v) is 8.03. The van der Waals surface area contributed by atoms with Crippen LogP contribution in [0.2, 0.25) is 0 Å². The van der Waals surface area contributed by atoms with Crippen molar-refractivity contribution in [1.82, 2.24) is 0 Å². The monoisotopic (exact) mass is 332 g/mol. The van der Waals surface area contributed by atoms with Gasteiger partial charge in [-0.15, -0.1) is 0 Å². The Bertz CT molecular complexity index is 468. The average molecular weight is 333 g/mol. The molecule has 1 aromatic carbocycles. The molecule has 1 atom stereocenters. The van der Waals surface area contributed by atoms with Crippen LogP contribution < -0.4 is 0 Å². The maximum absolute atomic E-state index is 11.6. The summed E-state index contributed by atoms with van der Waals surface area (Å²) in [6, 6.07) is 8.17. The lowest BCUT2D eigenvalue weighted by Crippen LogP contribution is -2.14. The van der Waals surface area contributed by atoms with Gasteiger partial charge in [0.05, 0.1) is 5.92 Å². The lowest BCUT2D eigenvalue weighted by molar-refractivity contribution is -0.139. The average Bonchev–Trinajstić information content (AvgIpc) is 2.52. The quantitative estimate of drug-likeness (QED) is 0.459. The van der Waals surface area contributed by atoms with Gasteiger partial charge in [-0.3, -0.25) is 4.79 Å². The van der Waals surface area contributed by atoms with Crippen LogP contribution in [0.3, 0.4) is 0 Å². The fourth-order valence-corrected chi connectivity index (χ4v) is 3.13. The molecular formula is C22H36O2. The number of carbonyl (C=O) groups is 1. The fourth-order valence-electron chi connectivity index (χ4n) is 3.13. The first kappa shape index (κ1) is 20.7. The van der Waals surface area contributed by atoms with Crippen molar-refractivity contribution in [2.75, 3.05) is 0 Å². The van der Waals surface area contributed by atoms with Crippen LogP contribution in [0.25, 0.3) is 0 Å². The molecule has 0 amide bonds. The van der Waals surface area contributed by atoms with Crippen LogP contribution in [0.5, 0.6) is 0 Å². The number of rotatable bonds is 11. The molecule has 2 nitrogen and oxygen atoms in total. The summed E-state index contributed by atoms with van der Waals surface area (Å²) in [4.78, 5) is 11.6. The minimum Gasteiger partial charge on any atom is -0.481 e. The van der Waals surface area contributed by atoms with E-state index in [4.69, 9.17) is 0 Å². The van der Waals surface area contributed by atoms with Crippen molar-refractivity contribution in [1.29, 1.82) is 0 Å². The predicted octanol–water partition coefficient (Wildman–Crippen LogP) is 6.68. The lowest BCUT2D eigenvalue weighted by Gasteiger charge is -2.20. The summed E-state index contributed by atoms with van der Waals surface area (Å²) in [6.07, 6.45) is 10.7. The molecule has 0 radical (unpaired) electrons. The Hall–Kier alpha value is -1.31. The Morgan fingerprint density at radius 3 is 1.88 bits per heavy atom. The molecular weight excluding hydrogens is 296 g/mol. The van der Waals surface area contributed by atoms with Crippen LogP contribution in [-0.2, 0) is 10.2 Å². The second kappa shape index (κ2) is 10.5. The van der Waals surface area contributed by atoms with E-state index in [9.17, 15) is 9.90 Å². The Kier molecular flexibility index (Phi) is 9.10. The molecule has 0 heterocycles. The Morgan fingerprint density at radius 1 is 0.917 bits per heavy atom. The molecule has 1 aromatic rings. The molecule has 1 rings (SSSR count). The van der Waals surface area contributed by atoms with E-state index >= 15 is 0 Å². The summed E-state index contributed by atoms with van der Waals surface area (Å²) >= 11 is 0. The van der Waals surface area contributed by atoms with E-state index in [1.54, 1.807) is 0 Å². The van der Waals surface area contributed by atoms with Crippen molar-refractivity contribution in [3.8, 4) is 0 Å². The van der Waals surface area contributed by atoms with Crippen molar-refractivity contribution in [3.63, 3.8) is 0 Å². The van der Waals surface area contributed by atoms with Gasteiger partial charge in [0.15, 0.2) is 0 Å². The second-order valence-electron chi connectivity index (χ2n) is 8.03. The summed E-state index contributed by atoms with van der Waals surface area (Å²) in [6.45, 7) is 8.77. The Morgan fingerprint density at radius 2 is 1.42 bits per heavy atom. The highest BCUT2D eigenvalue weighted by molar-refractivity contribution is 5.76. The number of aliphatic carboxylic acids is 1. The zero-order valence-electron chi connectivity index (χ0n) is 16.1. The van der Waals surface area contributed by atoms with E-state index < -0.39 is 5.97 Å². The first-order chi connectivity index (χ1) is 11.4. The first-order valence-electron chi connectivity index (χ1n) is 9.69. The third-order valence-electron chi connectivity index (χ3n) is 4.82. The predicted molar refractivity (Wildman–Crippen MR) is 103 cm³/mol. The summed E-state index contributed by atoms with van der Waals surface area (Å²) in [5.41, 5.74) is 2.30. The molecule has 0 saturated carbocycles. The van der Waals surface area contributed by atoms with Crippen LogP contribution in [0.15, 0.2) is 24.3 Å². The highest BCUT2D eigenvalue weighted by Crippen LogP contribution is 2.27. The van der Waals surface area contributed by atoms with Gasteiger partial charge in [0.2, 0.25) is 0 Å². The molecule has 1 unspecified atom stereocenters. The van der Waals surface area contributed by atoms with Gasteiger partial charge in [-0.05, 0) is 23.0 Å². The van der Waals surface area contributed by atoms with Crippen molar-refractivity contribution in [2.45, 2.75) is 96.8 Å². The Balaban J connectivity index is 2.43. The summed E-state index contributed by atoms with van der Waals surface area (Å²) < 4.78 is 0. The maximum atomic E-state index is 11.6. The van der Waals surface area contributed by atoms with Crippen molar-refractivity contribution >= 4 is 5.97 Å². The van der Waals surface area contributed by atoms with E-state index in [-0.39, 0.29) is 11.3 Å². The van der Waals surface area contributed by atoms with Crippen LogP contribution >= 0.6 is 0 Å². The zero-order chi connectivity index (χ0) is 18.0. The van der Waals surface area contributed by atoms with Gasteiger partial charge in [-0.1, -0.05) is 103 Å². The molecule has 2 heteroatoms. The van der Waals surface area contributed by atoms with E-state index in [2.05, 4.69) is 39.8 Å². The molecule has 136 valence electrons. The third-order valence-corrected chi connectivity index (χ3v) is 4.82. The number of carboxylic acid groups (broad SMARTS) is 1. The zero-order valence-corrected chi connectivity index (χ0v) is 16.1. The topological polar surface area (TPSA) is 37.3 Å². The molecule has 0 fully saturated rings. The van der Waals surface area contributed by atoms with E-state index in [1.807, 2.05) is 12.1 Å². The van der Waals surface area contributed by atoms with Crippen LogP contribution in [0.1, 0.15) is 103 Å². The molecule has 0 aliphatic heterocycles. The molecule has 0 bridgehead atoms. The third kappa shape index (κ3) is 7.51. The molecule has 0 aromatic heterocycles. The highest BCUT2D eigenvalue weighted by Gasteiger charge is 2.20. The number of hydrogen-bond acceptors (Lipinski definition) is 1.